The summed E-state index contributed by atoms with van der Waals surface area (Å²) < 4.78 is 17.4. The molecule has 3 nitrogen and oxygen atoms in total. The molecule has 0 aromatic heterocycles. The highest BCUT2D eigenvalue weighted by atomic mass is 31.2. The summed E-state index contributed by atoms with van der Waals surface area (Å²) in [4.78, 5) is 12.1. The lowest BCUT2D eigenvalue weighted by Gasteiger charge is -2.36. The molecule has 2 atom stereocenters. The lowest BCUT2D eigenvalue weighted by Crippen LogP contribution is -2.24. The Morgan fingerprint density at radius 2 is 1.89 bits per heavy atom. The zero-order valence-electron chi connectivity index (χ0n) is 11.9. The predicted octanol–water partition coefficient (Wildman–Crippen LogP) is 4.25. The number of unbranched alkanes of at least 4 members (excludes halogenated alkanes) is 3. The minimum Gasteiger partial charge on any atom is -0.778 e. The van der Waals surface area contributed by atoms with E-state index in [1.165, 1.54) is 25.7 Å². The Morgan fingerprint density at radius 1 is 1.22 bits per heavy atom. The molecular weight excluding hydrogens is 247 g/mol. The number of hydrogen-bond acceptors (Lipinski definition) is 3. The molecule has 1 aliphatic carbocycles. The van der Waals surface area contributed by atoms with Crippen LogP contribution in [0, 0.1) is 0 Å². The molecule has 0 aromatic rings. The fourth-order valence-electron chi connectivity index (χ4n) is 2.65. The Kier molecular flexibility index (Phi) is 7.51. The molecule has 1 fully saturated rings. The molecular formula is C14H28O3P-. The molecule has 2 unspecified atom stereocenters. The Labute approximate surface area is 112 Å². The summed E-state index contributed by atoms with van der Waals surface area (Å²) in [6.07, 6.45) is 10.2. The molecule has 0 aromatic carbocycles. The summed E-state index contributed by atoms with van der Waals surface area (Å²) >= 11 is 0. The Bertz CT molecular complexity index is 262. The highest BCUT2D eigenvalue weighted by molar-refractivity contribution is 7.52. The van der Waals surface area contributed by atoms with Crippen LogP contribution in [0.25, 0.3) is 0 Å². The lowest BCUT2D eigenvalue weighted by molar-refractivity contribution is -0.205. The zero-order valence-corrected chi connectivity index (χ0v) is 12.8. The third-order valence-corrected chi connectivity index (χ3v) is 5.88. The van der Waals surface area contributed by atoms with Crippen molar-refractivity contribution in [1.29, 1.82) is 0 Å². The molecule has 0 saturated heterocycles. The SMILES string of the molecule is CCCCCCC(C)OP(=O)([O-])C1CCCCC1. The van der Waals surface area contributed by atoms with Crippen LogP contribution in [0.2, 0.25) is 0 Å². The maximum Gasteiger partial charge on any atom is 0.138 e. The van der Waals surface area contributed by atoms with E-state index in [-0.39, 0.29) is 11.8 Å². The average Bonchev–Trinajstić information content (AvgIpc) is 2.35. The van der Waals surface area contributed by atoms with Gasteiger partial charge in [-0.25, -0.2) is 0 Å². The van der Waals surface area contributed by atoms with Crippen molar-refractivity contribution >= 4 is 7.60 Å². The standard InChI is InChI=1S/C14H29O3P/c1-3-4-5-7-10-13(2)17-18(15,16)14-11-8-6-9-12-14/h13-14H,3-12H2,1-2H3,(H,15,16)/p-1. The van der Waals surface area contributed by atoms with Crippen molar-refractivity contribution in [3.8, 4) is 0 Å². The molecule has 0 aliphatic heterocycles. The van der Waals surface area contributed by atoms with Crippen molar-refractivity contribution in [1.82, 2.24) is 0 Å². The minimum absolute atomic E-state index is 0.146. The van der Waals surface area contributed by atoms with Gasteiger partial charge in [0.25, 0.3) is 0 Å². The normalized spacial score (nSPS) is 22.6. The van der Waals surface area contributed by atoms with Crippen LogP contribution in [0.3, 0.4) is 0 Å². The van der Waals surface area contributed by atoms with E-state index in [0.29, 0.717) is 0 Å². The third-order valence-electron chi connectivity index (χ3n) is 3.81. The third kappa shape index (κ3) is 5.86. The van der Waals surface area contributed by atoms with Crippen LogP contribution >= 0.6 is 7.60 Å². The van der Waals surface area contributed by atoms with Gasteiger partial charge >= 0.3 is 0 Å². The first-order valence-corrected chi connectivity index (χ1v) is 9.16. The van der Waals surface area contributed by atoms with Crippen molar-refractivity contribution in [3.05, 3.63) is 0 Å². The molecule has 0 heterocycles. The molecule has 1 aliphatic rings. The van der Waals surface area contributed by atoms with E-state index in [4.69, 9.17) is 4.52 Å². The summed E-state index contributed by atoms with van der Waals surface area (Å²) in [5, 5.41) is 0. The highest BCUT2D eigenvalue weighted by Gasteiger charge is 2.26. The van der Waals surface area contributed by atoms with Gasteiger partial charge in [0, 0.05) is 5.66 Å². The Balaban J connectivity index is 2.27. The first-order valence-electron chi connectivity index (χ1n) is 7.55. The van der Waals surface area contributed by atoms with Crippen LogP contribution in [0.5, 0.6) is 0 Å². The van der Waals surface area contributed by atoms with E-state index >= 15 is 0 Å². The van der Waals surface area contributed by atoms with Crippen LogP contribution in [0.1, 0.15) is 78.1 Å². The maximum atomic E-state index is 12.1. The van der Waals surface area contributed by atoms with Crippen molar-refractivity contribution < 1.29 is 14.0 Å². The summed E-state index contributed by atoms with van der Waals surface area (Å²) in [5.41, 5.74) is -0.218. The monoisotopic (exact) mass is 275 g/mol. The van der Waals surface area contributed by atoms with Gasteiger partial charge in [-0.05, 0) is 26.2 Å². The second-order valence-corrected chi connectivity index (χ2v) is 7.62. The first-order chi connectivity index (χ1) is 8.56. The zero-order chi connectivity index (χ0) is 13.4. The molecule has 108 valence electrons. The van der Waals surface area contributed by atoms with E-state index in [0.717, 1.165) is 38.5 Å². The topological polar surface area (TPSA) is 49.4 Å². The fraction of sp³-hybridized carbons (Fsp3) is 1.00. The van der Waals surface area contributed by atoms with E-state index in [9.17, 15) is 9.46 Å². The van der Waals surface area contributed by atoms with Crippen molar-refractivity contribution in [2.24, 2.45) is 0 Å². The van der Waals surface area contributed by atoms with E-state index in [1.54, 1.807) is 0 Å². The smallest absolute Gasteiger partial charge is 0.138 e. The Hall–Kier alpha value is 0.150. The largest absolute Gasteiger partial charge is 0.778 e. The van der Waals surface area contributed by atoms with Crippen LogP contribution in [-0.2, 0) is 9.09 Å². The van der Waals surface area contributed by atoms with Gasteiger partial charge in [0.1, 0.15) is 7.60 Å². The van der Waals surface area contributed by atoms with Crippen LogP contribution < -0.4 is 4.89 Å². The number of hydrogen-bond donors (Lipinski definition) is 0. The van der Waals surface area contributed by atoms with Gasteiger partial charge < -0.3 is 14.0 Å². The van der Waals surface area contributed by atoms with E-state index in [2.05, 4.69) is 6.92 Å². The molecule has 4 heteroatoms. The second-order valence-electron chi connectivity index (χ2n) is 5.60. The minimum atomic E-state index is -3.63. The van der Waals surface area contributed by atoms with Gasteiger partial charge in [0.05, 0.1) is 6.10 Å². The fourth-order valence-corrected chi connectivity index (χ4v) is 4.42. The van der Waals surface area contributed by atoms with Crippen molar-refractivity contribution in [2.45, 2.75) is 89.8 Å². The van der Waals surface area contributed by atoms with Gasteiger partial charge in [-0.3, -0.25) is 0 Å². The molecule has 0 N–H and O–H groups in total. The van der Waals surface area contributed by atoms with Crippen molar-refractivity contribution in [3.63, 3.8) is 0 Å². The first kappa shape index (κ1) is 16.2. The molecule has 0 spiro atoms. The predicted molar refractivity (Wildman–Crippen MR) is 73.8 cm³/mol. The van der Waals surface area contributed by atoms with Crippen molar-refractivity contribution in [2.75, 3.05) is 0 Å². The van der Waals surface area contributed by atoms with Gasteiger partial charge in [-0.15, -0.1) is 0 Å². The van der Waals surface area contributed by atoms with Gasteiger partial charge in [0.15, 0.2) is 0 Å². The van der Waals surface area contributed by atoms with Gasteiger partial charge in [-0.1, -0.05) is 51.9 Å². The molecule has 0 amide bonds. The Morgan fingerprint density at radius 3 is 2.50 bits per heavy atom. The maximum absolute atomic E-state index is 12.1. The quantitative estimate of drug-likeness (QED) is 0.491. The summed E-state index contributed by atoms with van der Waals surface area (Å²) in [7, 11) is -3.63. The summed E-state index contributed by atoms with van der Waals surface area (Å²) in [6.45, 7) is 4.06. The van der Waals surface area contributed by atoms with E-state index in [1.807, 2.05) is 6.92 Å². The van der Waals surface area contributed by atoms with E-state index < -0.39 is 7.60 Å². The van der Waals surface area contributed by atoms with Gasteiger partial charge in [-0.2, -0.15) is 0 Å². The molecule has 0 bridgehead atoms. The second kappa shape index (κ2) is 8.35. The van der Waals surface area contributed by atoms with Crippen LogP contribution in [0.15, 0.2) is 0 Å². The summed E-state index contributed by atoms with van der Waals surface area (Å²) in [5.74, 6) is 0. The highest BCUT2D eigenvalue weighted by Crippen LogP contribution is 2.50. The van der Waals surface area contributed by atoms with Gasteiger partial charge in [0.2, 0.25) is 0 Å². The molecule has 18 heavy (non-hydrogen) atoms. The van der Waals surface area contributed by atoms with Crippen LogP contribution in [-0.4, -0.2) is 11.8 Å². The average molecular weight is 275 g/mol. The number of rotatable bonds is 8. The molecule has 1 saturated carbocycles. The summed E-state index contributed by atoms with van der Waals surface area (Å²) in [6, 6.07) is 0. The lowest BCUT2D eigenvalue weighted by atomic mass is 10.0. The van der Waals surface area contributed by atoms with Crippen LogP contribution in [0.4, 0.5) is 0 Å². The molecule has 1 rings (SSSR count). The molecule has 0 radical (unpaired) electrons.